The first-order chi connectivity index (χ1) is 7.96. The van der Waals surface area contributed by atoms with Gasteiger partial charge < -0.3 is 9.47 Å². The maximum absolute atomic E-state index is 5.85. The number of benzene rings is 1. The van der Waals surface area contributed by atoms with Gasteiger partial charge in [0.25, 0.3) is 0 Å². The quantitative estimate of drug-likeness (QED) is 0.750. The molecule has 0 aliphatic carbocycles. The maximum atomic E-state index is 5.85. The molecular formula is C13H18BrClO2. The van der Waals surface area contributed by atoms with Crippen molar-refractivity contribution in [3.63, 3.8) is 0 Å². The van der Waals surface area contributed by atoms with Gasteiger partial charge in [0.05, 0.1) is 14.2 Å². The van der Waals surface area contributed by atoms with Crippen molar-refractivity contribution < 1.29 is 9.47 Å². The number of rotatable bonds is 5. The van der Waals surface area contributed by atoms with E-state index in [1.807, 2.05) is 12.1 Å². The molecule has 0 spiro atoms. The molecule has 1 aromatic carbocycles. The van der Waals surface area contributed by atoms with E-state index in [1.54, 1.807) is 14.2 Å². The van der Waals surface area contributed by atoms with Gasteiger partial charge in [-0.05, 0) is 29.5 Å². The van der Waals surface area contributed by atoms with E-state index in [2.05, 4.69) is 29.8 Å². The Morgan fingerprint density at radius 1 is 1.18 bits per heavy atom. The zero-order valence-corrected chi connectivity index (χ0v) is 13.0. The number of ether oxygens (including phenoxy) is 2. The summed E-state index contributed by atoms with van der Waals surface area (Å²) in [6.07, 6.45) is 0.905. The SMILES string of the molecule is COc1cc(Br)c(C(C)(C)CCCl)cc1OC. The summed E-state index contributed by atoms with van der Waals surface area (Å²) >= 11 is 9.43. The van der Waals surface area contributed by atoms with Crippen LogP contribution >= 0.6 is 27.5 Å². The standard InChI is InChI=1S/C13H18BrClO2/c1-13(2,5-6-15)9-7-11(16-3)12(17-4)8-10(9)14/h7-8H,5-6H2,1-4H3. The van der Waals surface area contributed by atoms with Crippen LogP contribution in [-0.4, -0.2) is 20.1 Å². The second-order valence-corrected chi connectivity index (χ2v) is 5.74. The Kier molecular flexibility index (Phi) is 5.14. The molecule has 0 fully saturated rings. The van der Waals surface area contributed by atoms with Gasteiger partial charge in [0.2, 0.25) is 0 Å². The lowest BCUT2D eigenvalue weighted by atomic mass is 9.82. The van der Waals surface area contributed by atoms with E-state index in [0.717, 1.165) is 22.4 Å². The fraction of sp³-hybridized carbons (Fsp3) is 0.538. The fourth-order valence-corrected chi connectivity index (χ4v) is 3.08. The highest BCUT2D eigenvalue weighted by Gasteiger charge is 2.24. The second-order valence-electron chi connectivity index (χ2n) is 4.51. The van der Waals surface area contributed by atoms with Crippen LogP contribution in [-0.2, 0) is 5.41 Å². The van der Waals surface area contributed by atoms with Gasteiger partial charge in [-0.15, -0.1) is 11.6 Å². The Morgan fingerprint density at radius 3 is 2.18 bits per heavy atom. The van der Waals surface area contributed by atoms with Crippen LogP contribution in [0.4, 0.5) is 0 Å². The summed E-state index contributed by atoms with van der Waals surface area (Å²) in [5, 5.41) is 0. The number of hydrogen-bond acceptors (Lipinski definition) is 2. The van der Waals surface area contributed by atoms with E-state index >= 15 is 0 Å². The van der Waals surface area contributed by atoms with Gasteiger partial charge in [0.1, 0.15) is 0 Å². The van der Waals surface area contributed by atoms with Crippen molar-refractivity contribution in [2.45, 2.75) is 25.7 Å². The Morgan fingerprint density at radius 2 is 1.71 bits per heavy atom. The molecule has 0 heterocycles. The summed E-state index contributed by atoms with van der Waals surface area (Å²) in [5.74, 6) is 2.10. The number of halogens is 2. The maximum Gasteiger partial charge on any atom is 0.161 e. The van der Waals surface area contributed by atoms with E-state index in [0.29, 0.717) is 5.88 Å². The third-order valence-electron chi connectivity index (χ3n) is 2.92. The average molecular weight is 322 g/mol. The van der Waals surface area contributed by atoms with Crippen LogP contribution in [0.2, 0.25) is 0 Å². The summed E-state index contributed by atoms with van der Waals surface area (Å²) < 4.78 is 11.6. The molecular weight excluding hydrogens is 303 g/mol. The molecule has 96 valence electrons. The molecule has 17 heavy (non-hydrogen) atoms. The van der Waals surface area contributed by atoms with Gasteiger partial charge in [-0.3, -0.25) is 0 Å². The van der Waals surface area contributed by atoms with Gasteiger partial charge >= 0.3 is 0 Å². The molecule has 1 rings (SSSR count). The Bertz CT molecular complexity index is 391. The third kappa shape index (κ3) is 3.29. The lowest BCUT2D eigenvalue weighted by molar-refractivity contribution is 0.352. The average Bonchev–Trinajstić information content (AvgIpc) is 2.28. The zero-order chi connectivity index (χ0) is 13.1. The molecule has 0 bridgehead atoms. The smallest absolute Gasteiger partial charge is 0.161 e. The number of methoxy groups -OCH3 is 2. The summed E-state index contributed by atoms with van der Waals surface area (Å²) in [7, 11) is 3.28. The molecule has 0 N–H and O–H groups in total. The normalized spacial score (nSPS) is 11.4. The van der Waals surface area contributed by atoms with Crippen molar-refractivity contribution in [2.75, 3.05) is 20.1 Å². The summed E-state index contributed by atoms with van der Waals surface area (Å²) in [5.41, 5.74) is 1.18. The van der Waals surface area contributed by atoms with E-state index in [4.69, 9.17) is 21.1 Å². The highest BCUT2D eigenvalue weighted by Crippen LogP contribution is 2.40. The van der Waals surface area contributed by atoms with Gasteiger partial charge in [0, 0.05) is 10.4 Å². The first-order valence-corrected chi connectivity index (χ1v) is 6.77. The van der Waals surface area contributed by atoms with E-state index in [1.165, 1.54) is 5.56 Å². The molecule has 0 aromatic heterocycles. The molecule has 0 saturated heterocycles. The van der Waals surface area contributed by atoms with E-state index in [9.17, 15) is 0 Å². The van der Waals surface area contributed by atoms with Crippen molar-refractivity contribution in [3.8, 4) is 11.5 Å². The van der Waals surface area contributed by atoms with Gasteiger partial charge in [-0.2, -0.15) is 0 Å². The molecule has 0 amide bonds. The highest BCUT2D eigenvalue weighted by molar-refractivity contribution is 9.10. The van der Waals surface area contributed by atoms with Crippen LogP contribution in [0.25, 0.3) is 0 Å². The number of alkyl halides is 1. The molecule has 0 aliphatic rings. The van der Waals surface area contributed by atoms with Crippen molar-refractivity contribution in [1.29, 1.82) is 0 Å². The molecule has 0 saturated carbocycles. The van der Waals surface area contributed by atoms with Crippen LogP contribution in [0, 0.1) is 0 Å². The predicted molar refractivity (Wildman–Crippen MR) is 75.6 cm³/mol. The van der Waals surface area contributed by atoms with Crippen LogP contribution in [0.1, 0.15) is 25.8 Å². The molecule has 0 atom stereocenters. The largest absolute Gasteiger partial charge is 0.493 e. The summed E-state index contributed by atoms with van der Waals surface area (Å²) in [4.78, 5) is 0. The van der Waals surface area contributed by atoms with Gasteiger partial charge in [-0.1, -0.05) is 29.8 Å². The van der Waals surface area contributed by atoms with Crippen molar-refractivity contribution in [3.05, 3.63) is 22.2 Å². The first kappa shape index (κ1) is 14.7. The molecule has 4 heteroatoms. The molecule has 1 aromatic rings. The van der Waals surface area contributed by atoms with Crippen molar-refractivity contribution in [1.82, 2.24) is 0 Å². The lowest BCUT2D eigenvalue weighted by Crippen LogP contribution is -2.18. The summed E-state index contributed by atoms with van der Waals surface area (Å²) in [6, 6.07) is 3.94. The minimum absolute atomic E-state index is 0.000134. The van der Waals surface area contributed by atoms with Gasteiger partial charge in [-0.25, -0.2) is 0 Å². The molecule has 0 aliphatic heterocycles. The number of hydrogen-bond donors (Lipinski definition) is 0. The predicted octanol–water partition coefficient (Wildman–Crippen LogP) is 4.37. The monoisotopic (exact) mass is 320 g/mol. The van der Waals surface area contributed by atoms with Gasteiger partial charge in [0.15, 0.2) is 11.5 Å². The van der Waals surface area contributed by atoms with Crippen LogP contribution in [0.3, 0.4) is 0 Å². The second kappa shape index (κ2) is 5.96. The Labute approximate surface area is 116 Å². The van der Waals surface area contributed by atoms with Crippen molar-refractivity contribution in [2.24, 2.45) is 0 Å². The topological polar surface area (TPSA) is 18.5 Å². The Hall–Kier alpha value is -0.410. The fourth-order valence-electron chi connectivity index (χ4n) is 1.74. The third-order valence-corrected chi connectivity index (χ3v) is 3.77. The van der Waals surface area contributed by atoms with Crippen LogP contribution in [0.5, 0.6) is 11.5 Å². The van der Waals surface area contributed by atoms with Crippen molar-refractivity contribution >= 4 is 27.5 Å². The zero-order valence-electron chi connectivity index (χ0n) is 10.6. The highest BCUT2D eigenvalue weighted by atomic mass is 79.9. The Balaban J connectivity index is 3.25. The minimum Gasteiger partial charge on any atom is -0.493 e. The van der Waals surface area contributed by atoms with Crippen LogP contribution < -0.4 is 9.47 Å². The summed E-state index contributed by atoms with van der Waals surface area (Å²) in [6.45, 7) is 4.34. The lowest BCUT2D eigenvalue weighted by Gasteiger charge is -2.26. The van der Waals surface area contributed by atoms with E-state index < -0.39 is 0 Å². The van der Waals surface area contributed by atoms with E-state index in [-0.39, 0.29) is 5.41 Å². The first-order valence-electron chi connectivity index (χ1n) is 5.44. The van der Waals surface area contributed by atoms with Crippen LogP contribution in [0.15, 0.2) is 16.6 Å². The molecule has 0 unspecified atom stereocenters. The molecule has 2 nitrogen and oxygen atoms in total. The molecule has 0 radical (unpaired) electrons. The minimum atomic E-state index is 0.000134.